The van der Waals surface area contributed by atoms with Crippen molar-refractivity contribution in [3.05, 3.63) is 21.5 Å². The maximum atomic E-state index is 13.4. The Morgan fingerprint density at radius 2 is 2.14 bits per heavy atom. The van der Waals surface area contributed by atoms with Crippen molar-refractivity contribution in [3.63, 3.8) is 0 Å². The summed E-state index contributed by atoms with van der Waals surface area (Å²) in [5, 5.41) is 17.8. The van der Waals surface area contributed by atoms with Gasteiger partial charge >= 0.3 is 7.12 Å². The highest BCUT2D eigenvalue weighted by Gasteiger charge is 2.20. The first-order valence-electron chi connectivity index (χ1n) is 4.04. The van der Waals surface area contributed by atoms with Crippen LogP contribution >= 0.6 is 22.6 Å². The fraction of sp³-hybridized carbons (Fsp3) is 0.250. The van der Waals surface area contributed by atoms with Gasteiger partial charge < -0.3 is 14.8 Å². The monoisotopic (exact) mass is 310 g/mol. The van der Waals surface area contributed by atoms with Crippen molar-refractivity contribution in [2.75, 3.05) is 6.61 Å². The van der Waals surface area contributed by atoms with E-state index in [9.17, 15) is 4.39 Å². The first-order valence-corrected chi connectivity index (χ1v) is 5.12. The van der Waals surface area contributed by atoms with E-state index in [0.717, 1.165) is 0 Å². The molecule has 1 rings (SSSR count). The van der Waals surface area contributed by atoms with E-state index in [-0.39, 0.29) is 11.2 Å². The zero-order valence-corrected chi connectivity index (χ0v) is 9.66. The summed E-state index contributed by atoms with van der Waals surface area (Å²) in [5.41, 5.74) is -0.166. The molecule has 0 saturated carbocycles. The van der Waals surface area contributed by atoms with E-state index >= 15 is 0 Å². The fourth-order valence-electron chi connectivity index (χ4n) is 1.03. The second kappa shape index (κ2) is 4.95. The van der Waals surface area contributed by atoms with Crippen LogP contribution in [0.3, 0.4) is 0 Å². The normalized spacial score (nSPS) is 10.1. The number of hydrogen-bond acceptors (Lipinski definition) is 3. The lowest BCUT2D eigenvalue weighted by Gasteiger charge is -2.09. The van der Waals surface area contributed by atoms with Crippen LogP contribution in [-0.4, -0.2) is 23.8 Å². The van der Waals surface area contributed by atoms with Gasteiger partial charge in [-0.3, -0.25) is 0 Å². The van der Waals surface area contributed by atoms with E-state index < -0.39 is 12.9 Å². The van der Waals surface area contributed by atoms with Crippen LogP contribution < -0.4 is 10.2 Å². The molecule has 0 saturated heterocycles. The zero-order valence-electron chi connectivity index (χ0n) is 7.50. The lowest BCUT2D eigenvalue weighted by molar-refractivity contribution is 0.321. The predicted octanol–water partition coefficient (Wildman–Crippen LogP) is 0.509. The Labute approximate surface area is 95.2 Å². The molecule has 0 bridgehead atoms. The van der Waals surface area contributed by atoms with Crippen LogP contribution in [0.15, 0.2) is 12.1 Å². The largest absolute Gasteiger partial charge is 0.491 e. The van der Waals surface area contributed by atoms with E-state index in [2.05, 4.69) is 0 Å². The molecule has 76 valence electrons. The average molecular weight is 310 g/mol. The summed E-state index contributed by atoms with van der Waals surface area (Å²) in [6.07, 6.45) is 0. The molecule has 0 aliphatic rings. The van der Waals surface area contributed by atoms with Crippen molar-refractivity contribution < 1.29 is 19.2 Å². The minimum absolute atomic E-state index is 0.0440. The predicted molar refractivity (Wildman–Crippen MR) is 60.1 cm³/mol. The van der Waals surface area contributed by atoms with Crippen molar-refractivity contribution in [1.82, 2.24) is 0 Å². The van der Waals surface area contributed by atoms with Gasteiger partial charge in [0.25, 0.3) is 0 Å². The van der Waals surface area contributed by atoms with Gasteiger partial charge in [0.2, 0.25) is 0 Å². The van der Waals surface area contributed by atoms with Crippen LogP contribution in [0.25, 0.3) is 0 Å². The summed E-state index contributed by atoms with van der Waals surface area (Å²) in [7, 11) is -1.82. The molecule has 0 radical (unpaired) electrons. The number of rotatable bonds is 3. The molecule has 0 spiro atoms. The molecule has 0 aliphatic heterocycles. The van der Waals surface area contributed by atoms with Gasteiger partial charge in [-0.05, 0) is 41.6 Å². The molecule has 1 aromatic carbocycles. The Bertz CT molecular complexity index is 333. The van der Waals surface area contributed by atoms with Crippen LogP contribution in [0.1, 0.15) is 6.92 Å². The fourth-order valence-corrected chi connectivity index (χ4v) is 1.65. The zero-order chi connectivity index (χ0) is 10.7. The van der Waals surface area contributed by atoms with Gasteiger partial charge in [-0.25, -0.2) is 4.39 Å². The highest BCUT2D eigenvalue weighted by molar-refractivity contribution is 14.1. The first kappa shape index (κ1) is 11.7. The maximum Gasteiger partial charge on any atom is 0.491 e. The van der Waals surface area contributed by atoms with Gasteiger partial charge in [0.1, 0.15) is 0 Å². The molecule has 2 N–H and O–H groups in total. The van der Waals surface area contributed by atoms with Gasteiger partial charge in [0.15, 0.2) is 11.6 Å². The van der Waals surface area contributed by atoms with Gasteiger partial charge in [-0.2, -0.15) is 0 Å². The number of hydrogen-bond donors (Lipinski definition) is 2. The van der Waals surface area contributed by atoms with E-state index in [1.165, 1.54) is 12.1 Å². The molecule has 0 heterocycles. The standard InChI is InChI=1S/C8H9BFIO3/c1-2-14-7-4-5(11)3-6(8(7)10)9(12)13/h3-4,12-13H,2H2,1H3. The number of benzene rings is 1. The van der Waals surface area contributed by atoms with E-state index in [1.807, 2.05) is 22.6 Å². The van der Waals surface area contributed by atoms with Crippen LogP contribution in [0.2, 0.25) is 0 Å². The van der Waals surface area contributed by atoms with Gasteiger partial charge in [-0.15, -0.1) is 0 Å². The Balaban J connectivity index is 3.18. The molecule has 0 atom stereocenters. The summed E-state index contributed by atoms with van der Waals surface area (Å²) in [6.45, 7) is 2.06. The third-order valence-corrected chi connectivity index (χ3v) is 2.23. The SMILES string of the molecule is CCOc1cc(I)cc(B(O)O)c1F. The Hall–Kier alpha value is -0.335. The third-order valence-electron chi connectivity index (χ3n) is 1.61. The van der Waals surface area contributed by atoms with E-state index in [0.29, 0.717) is 10.2 Å². The molecule has 0 unspecified atom stereocenters. The Morgan fingerprint density at radius 3 is 2.64 bits per heavy atom. The van der Waals surface area contributed by atoms with Crippen LogP contribution in [0.5, 0.6) is 5.75 Å². The minimum atomic E-state index is -1.82. The van der Waals surface area contributed by atoms with Crippen LogP contribution in [0, 0.1) is 9.39 Å². The molecule has 0 amide bonds. The van der Waals surface area contributed by atoms with Gasteiger partial charge in [0, 0.05) is 9.03 Å². The van der Waals surface area contributed by atoms with Crippen molar-refractivity contribution in [2.45, 2.75) is 6.92 Å². The minimum Gasteiger partial charge on any atom is -0.491 e. The topological polar surface area (TPSA) is 49.7 Å². The lowest BCUT2D eigenvalue weighted by Crippen LogP contribution is -2.33. The molecule has 14 heavy (non-hydrogen) atoms. The summed E-state index contributed by atoms with van der Waals surface area (Å²) < 4.78 is 19.1. The molecule has 1 aromatic rings. The van der Waals surface area contributed by atoms with Gasteiger partial charge in [0.05, 0.1) is 6.61 Å². The van der Waals surface area contributed by atoms with Crippen molar-refractivity contribution in [2.24, 2.45) is 0 Å². The number of halogens is 2. The quantitative estimate of drug-likeness (QED) is 0.632. The molecular weight excluding hydrogens is 301 g/mol. The van der Waals surface area contributed by atoms with Gasteiger partial charge in [-0.1, -0.05) is 0 Å². The molecule has 6 heteroatoms. The summed E-state index contributed by atoms with van der Waals surface area (Å²) in [6, 6.07) is 2.87. The maximum absolute atomic E-state index is 13.4. The summed E-state index contributed by atoms with van der Waals surface area (Å²) >= 11 is 1.95. The van der Waals surface area contributed by atoms with Crippen molar-refractivity contribution in [3.8, 4) is 5.75 Å². The second-order valence-corrected chi connectivity index (χ2v) is 3.86. The second-order valence-electron chi connectivity index (χ2n) is 2.61. The number of ether oxygens (including phenoxy) is 1. The highest BCUT2D eigenvalue weighted by Crippen LogP contribution is 2.18. The Morgan fingerprint density at radius 1 is 1.50 bits per heavy atom. The first-order chi connectivity index (χ1) is 6.56. The molecular formula is C8H9BFIO3. The van der Waals surface area contributed by atoms with Crippen LogP contribution in [0.4, 0.5) is 4.39 Å². The van der Waals surface area contributed by atoms with Crippen molar-refractivity contribution >= 4 is 35.2 Å². The molecule has 0 aromatic heterocycles. The average Bonchev–Trinajstić information content (AvgIpc) is 2.10. The molecule has 3 nitrogen and oxygen atoms in total. The summed E-state index contributed by atoms with van der Waals surface area (Å²) in [5.74, 6) is -0.676. The molecule has 0 aliphatic carbocycles. The van der Waals surface area contributed by atoms with Crippen molar-refractivity contribution in [1.29, 1.82) is 0 Å². The lowest BCUT2D eigenvalue weighted by atomic mass is 9.80. The smallest absolute Gasteiger partial charge is 0.491 e. The Kier molecular flexibility index (Phi) is 4.15. The summed E-state index contributed by atoms with van der Waals surface area (Å²) in [4.78, 5) is 0. The van der Waals surface area contributed by atoms with E-state index in [1.54, 1.807) is 6.92 Å². The molecule has 0 fully saturated rings. The van der Waals surface area contributed by atoms with E-state index in [4.69, 9.17) is 14.8 Å². The highest BCUT2D eigenvalue weighted by atomic mass is 127. The third kappa shape index (κ3) is 2.58. The van der Waals surface area contributed by atoms with Crippen LogP contribution in [-0.2, 0) is 0 Å².